The standard InChI is InChI=1S/C33H23O2/c1-3-11-24(12-4-1)31(25-13-5-2-6-14-25)23-29-22-27(30-16-8-10-18-33(30)35-29)21-28-20-19-26-15-7-9-17-32(26)34-28/h1-18,21-23H,19H2. The first-order valence-electron chi connectivity index (χ1n) is 11.7. The van der Waals surface area contributed by atoms with Crippen LogP contribution >= 0.6 is 0 Å². The van der Waals surface area contributed by atoms with Crippen LogP contribution in [0.15, 0.2) is 139 Å². The normalized spacial score (nSPS) is 15.0. The summed E-state index contributed by atoms with van der Waals surface area (Å²) in [5.74, 6) is 3.21. The van der Waals surface area contributed by atoms with Crippen molar-refractivity contribution in [3.8, 4) is 11.5 Å². The highest BCUT2D eigenvalue weighted by Crippen LogP contribution is 2.37. The summed E-state index contributed by atoms with van der Waals surface area (Å²) in [6.45, 7) is 0. The van der Waals surface area contributed by atoms with Gasteiger partial charge < -0.3 is 9.47 Å². The molecule has 0 spiro atoms. The van der Waals surface area contributed by atoms with E-state index in [1.165, 1.54) is 0 Å². The van der Waals surface area contributed by atoms with E-state index in [1.807, 2.05) is 48.5 Å². The maximum Gasteiger partial charge on any atom is 0.135 e. The second kappa shape index (κ2) is 9.36. The molecule has 0 atom stereocenters. The Labute approximate surface area is 205 Å². The van der Waals surface area contributed by atoms with Gasteiger partial charge >= 0.3 is 0 Å². The van der Waals surface area contributed by atoms with Gasteiger partial charge in [0.1, 0.15) is 23.0 Å². The predicted octanol–water partition coefficient (Wildman–Crippen LogP) is 7.80. The fourth-order valence-electron chi connectivity index (χ4n) is 4.39. The molecule has 0 saturated heterocycles. The highest BCUT2D eigenvalue weighted by atomic mass is 16.5. The summed E-state index contributed by atoms with van der Waals surface area (Å²) < 4.78 is 12.5. The number of para-hydroxylation sites is 2. The van der Waals surface area contributed by atoms with Gasteiger partial charge in [-0.05, 0) is 58.2 Å². The van der Waals surface area contributed by atoms with Crippen molar-refractivity contribution in [3.05, 3.63) is 167 Å². The minimum absolute atomic E-state index is 0.723. The molecule has 2 nitrogen and oxygen atoms in total. The second-order valence-electron chi connectivity index (χ2n) is 8.46. The quantitative estimate of drug-likeness (QED) is 0.315. The van der Waals surface area contributed by atoms with E-state index in [0.29, 0.717) is 0 Å². The number of fused-ring (bicyclic) bond motifs is 2. The summed E-state index contributed by atoms with van der Waals surface area (Å²) in [6, 6.07) is 37.0. The molecule has 2 heterocycles. The highest BCUT2D eigenvalue weighted by Gasteiger charge is 2.19. The van der Waals surface area contributed by atoms with Gasteiger partial charge in [0.25, 0.3) is 0 Å². The van der Waals surface area contributed by atoms with Crippen molar-refractivity contribution in [2.45, 2.75) is 6.42 Å². The van der Waals surface area contributed by atoms with Gasteiger partial charge in [0.05, 0.1) is 0 Å². The van der Waals surface area contributed by atoms with Gasteiger partial charge in [-0.1, -0.05) is 97.1 Å². The average molecular weight is 452 g/mol. The number of rotatable bonds is 4. The molecule has 2 aliphatic heterocycles. The molecule has 6 rings (SSSR count). The Morgan fingerprint density at radius 3 is 2.03 bits per heavy atom. The van der Waals surface area contributed by atoms with Crippen molar-refractivity contribution in [2.24, 2.45) is 0 Å². The maximum absolute atomic E-state index is 6.35. The zero-order chi connectivity index (χ0) is 23.5. The summed E-state index contributed by atoms with van der Waals surface area (Å²) in [7, 11) is 0. The molecular formula is C33H23O2. The van der Waals surface area contributed by atoms with Gasteiger partial charge in [-0.15, -0.1) is 0 Å². The molecular weight excluding hydrogens is 428 g/mol. The Hall–Kier alpha value is -4.56. The van der Waals surface area contributed by atoms with Gasteiger partial charge in [0, 0.05) is 18.1 Å². The molecule has 0 unspecified atom stereocenters. The molecule has 0 amide bonds. The number of benzene rings is 4. The lowest BCUT2D eigenvalue weighted by atomic mass is 9.95. The summed E-state index contributed by atoms with van der Waals surface area (Å²) in [4.78, 5) is 0. The Morgan fingerprint density at radius 1 is 0.657 bits per heavy atom. The molecule has 4 aromatic carbocycles. The van der Waals surface area contributed by atoms with Crippen LogP contribution in [-0.2, 0) is 6.42 Å². The predicted molar refractivity (Wildman–Crippen MR) is 141 cm³/mol. The van der Waals surface area contributed by atoms with Crippen molar-refractivity contribution in [2.75, 3.05) is 0 Å². The monoisotopic (exact) mass is 451 g/mol. The molecule has 167 valence electrons. The van der Waals surface area contributed by atoms with Crippen LogP contribution in [0.5, 0.6) is 11.5 Å². The van der Waals surface area contributed by atoms with Crippen molar-refractivity contribution in [1.82, 2.24) is 0 Å². The smallest absolute Gasteiger partial charge is 0.135 e. The fourth-order valence-corrected chi connectivity index (χ4v) is 4.39. The molecule has 2 heteroatoms. The molecule has 0 N–H and O–H groups in total. The molecule has 0 fully saturated rings. The number of allylic oxidation sites excluding steroid dienone is 5. The molecule has 0 aliphatic carbocycles. The van der Waals surface area contributed by atoms with Gasteiger partial charge in [-0.3, -0.25) is 0 Å². The van der Waals surface area contributed by atoms with Crippen LogP contribution in [0.2, 0.25) is 0 Å². The lowest BCUT2D eigenvalue weighted by Gasteiger charge is -2.21. The van der Waals surface area contributed by atoms with Crippen LogP contribution in [0.25, 0.3) is 11.1 Å². The van der Waals surface area contributed by atoms with E-state index in [9.17, 15) is 0 Å². The van der Waals surface area contributed by atoms with Crippen molar-refractivity contribution >= 4 is 11.1 Å². The van der Waals surface area contributed by atoms with Crippen molar-refractivity contribution in [1.29, 1.82) is 0 Å². The van der Waals surface area contributed by atoms with E-state index in [1.54, 1.807) is 0 Å². The first-order chi connectivity index (χ1) is 17.3. The summed E-state index contributed by atoms with van der Waals surface area (Å²) in [5, 5.41) is 0. The fraction of sp³-hybridized carbons (Fsp3) is 0.0303. The summed E-state index contributed by atoms with van der Waals surface area (Å²) >= 11 is 0. The molecule has 35 heavy (non-hydrogen) atoms. The van der Waals surface area contributed by atoms with Crippen LogP contribution in [-0.4, -0.2) is 0 Å². The van der Waals surface area contributed by atoms with Crippen LogP contribution < -0.4 is 9.47 Å². The van der Waals surface area contributed by atoms with Gasteiger partial charge in [0.15, 0.2) is 0 Å². The molecule has 4 aromatic rings. The first kappa shape index (κ1) is 21.0. The number of hydrogen-bond donors (Lipinski definition) is 0. The third kappa shape index (κ3) is 4.47. The minimum atomic E-state index is 0.723. The highest BCUT2D eigenvalue weighted by molar-refractivity contribution is 5.85. The topological polar surface area (TPSA) is 18.5 Å². The third-order valence-corrected chi connectivity index (χ3v) is 6.11. The molecule has 0 aromatic heterocycles. The van der Waals surface area contributed by atoms with Crippen LogP contribution in [0.1, 0.15) is 22.3 Å². The van der Waals surface area contributed by atoms with Crippen LogP contribution in [0, 0.1) is 6.08 Å². The zero-order valence-electron chi connectivity index (χ0n) is 19.1. The Balaban J connectivity index is 1.43. The van der Waals surface area contributed by atoms with Crippen molar-refractivity contribution < 1.29 is 9.47 Å². The molecule has 0 bridgehead atoms. The van der Waals surface area contributed by atoms with Gasteiger partial charge in [-0.2, -0.15) is 0 Å². The molecule has 1 radical (unpaired) electrons. The lowest BCUT2D eigenvalue weighted by Crippen LogP contribution is -2.06. The number of ether oxygens (including phenoxy) is 2. The zero-order valence-corrected chi connectivity index (χ0v) is 19.1. The molecule has 0 saturated carbocycles. The van der Waals surface area contributed by atoms with Crippen molar-refractivity contribution in [3.63, 3.8) is 0 Å². The van der Waals surface area contributed by atoms with Gasteiger partial charge in [-0.25, -0.2) is 0 Å². The second-order valence-corrected chi connectivity index (χ2v) is 8.46. The Bertz CT molecular complexity index is 1450. The maximum atomic E-state index is 6.35. The minimum Gasteiger partial charge on any atom is -0.457 e. The van der Waals surface area contributed by atoms with E-state index < -0.39 is 0 Å². The lowest BCUT2D eigenvalue weighted by molar-refractivity contribution is 0.423. The van der Waals surface area contributed by atoms with E-state index >= 15 is 0 Å². The van der Waals surface area contributed by atoms with Gasteiger partial charge in [0.2, 0.25) is 0 Å². The SMILES string of the molecule is [C]1=C(C=C2C=C(C=C(c3ccccc3)c3ccccc3)Oc3ccccc32)Oc2ccccc2C1. The molecule has 2 aliphatic rings. The average Bonchev–Trinajstić information content (AvgIpc) is 2.93. The third-order valence-electron chi connectivity index (χ3n) is 6.11. The Kier molecular flexibility index (Phi) is 5.62. The first-order valence-corrected chi connectivity index (χ1v) is 11.7. The van der Waals surface area contributed by atoms with E-state index in [0.717, 1.165) is 62.8 Å². The summed E-state index contributed by atoms with van der Waals surface area (Å²) in [5.41, 5.74) is 6.58. The Morgan fingerprint density at radius 2 is 1.29 bits per heavy atom. The van der Waals surface area contributed by atoms with Crippen LogP contribution in [0.4, 0.5) is 0 Å². The van der Waals surface area contributed by atoms with E-state index in [2.05, 4.69) is 85.0 Å². The van der Waals surface area contributed by atoms with E-state index in [-0.39, 0.29) is 0 Å². The van der Waals surface area contributed by atoms with E-state index in [4.69, 9.17) is 9.47 Å². The largest absolute Gasteiger partial charge is 0.457 e. The summed E-state index contributed by atoms with van der Waals surface area (Å²) in [6.07, 6.45) is 10.4. The number of hydrogen-bond acceptors (Lipinski definition) is 2. The van der Waals surface area contributed by atoms with Crippen LogP contribution in [0.3, 0.4) is 0 Å².